The summed E-state index contributed by atoms with van der Waals surface area (Å²) in [6.07, 6.45) is 1.04. The maximum absolute atomic E-state index is 11.6. The van der Waals surface area contributed by atoms with Gasteiger partial charge in [0.25, 0.3) is 0 Å². The number of fused-ring (bicyclic) bond motifs is 1. The van der Waals surface area contributed by atoms with E-state index in [1.165, 1.54) is 0 Å². The Hall–Kier alpha value is -1.17. The lowest BCUT2D eigenvalue weighted by atomic mass is 10.1. The summed E-state index contributed by atoms with van der Waals surface area (Å²) in [5.74, 6) is 0. The van der Waals surface area contributed by atoms with Crippen molar-refractivity contribution in [3.8, 4) is 0 Å². The van der Waals surface area contributed by atoms with Gasteiger partial charge in [0.2, 0.25) is 0 Å². The molecule has 2 rings (SSSR count). The van der Waals surface area contributed by atoms with Crippen LogP contribution in [0.3, 0.4) is 0 Å². The van der Waals surface area contributed by atoms with Crippen LogP contribution in [0.5, 0.6) is 0 Å². The van der Waals surface area contributed by atoms with Crippen LogP contribution in [0.15, 0.2) is 24.3 Å². The SMILES string of the molecule is CCOCN1c2ccccc2C(C=O)N1[Si](C)(C)C. The van der Waals surface area contributed by atoms with E-state index in [4.69, 9.17) is 4.74 Å². The van der Waals surface area contributed by atoms with Crippen molar-refractivity contribution in [1.29, 1.82) is 0 Å². The number of nitrogens with zero attached hydrogens (tertiary/aromatic N) is 2. The smallest absolute Gasteiger partial charge is 0.145 e. The minimum Gasteiger partial charge on any atom is -0.360 e. The first-order valence-electron chi connectivity index (χ1n) is 6.69. The molecule has 0 aliphatic carbocycles. The van der Waals surface area contributed by atoms with Crippen LogP contribution >= 0.6 is 0 Å². The van der Waals surface area contributed by atoms with Crippen molar-refractivity contribution < 1.29 is 9.53 Å². The first kappa shape index (κ1) is 14.2. The molecule has 0 spiro atoms. The molecule has 1 aliphatic rings. The molecule has 1 aliphatic heterocycles. The summed E-state index contributed by atoms with van der Waals surface area (Å²) in [5.41, 5.74) is 2.18. The fourth-order valence-electron chi connectivity index (χ4n) is 2.59. The Kier molecular flexibility index (Phi) is 4.08. The number of hydrogen-bond donors (Lipinski definition) is 0. The zero-order valence-electron chi connectivity index (χ0n) is 12.1. The summed E-state index contributed by atoms with van der Waals surface area (Å²) >= 11 is 0. The molecule has 5 heteroatoms. The van der Waals surface area contributed by atoms with Gasteiger partial charge in [-0.3, -0.25) is 5.01 Å². The number of rotatable bonds is 5. The maximum atomic E-state index is 11.6. The van der Waals surface area contributed by atoms with Crippen LogP contribution in [0.4, 0.5) is 5.69 Å². The van der Waals surface area contributed by atoms with Crippen LogP contribution in [-0.2, 0) is 9.53 Å². The molecule has 4 nitrogen and oxygen atoms in total. The van der Waals surface area contributed by atoms with Gasteiger partial charge in [0.1, 0.15) is 27.3 Å². The van der Waals surface area contributed by atoms with E-state index < -0.39 is 8.24 Å². The molecule has 1 atom stereocenters. The summed E-state index contributed by atoms with van der Waals surface area (Å²) in [4.78, 5) is 11.6. The Labute approximate surface area is 116 Å². The highest BCUT2D eigenvalue weighted by molar-refractivity contribution is 6.73. The second-order valence-corrected chi connectivity index (χ2v) is 10.5. The van der Waals surface area contributed by atoms with Crippen molar-refractivity contribution in [1.82, 2.24) is 4.67 Å². The van der Waals surface area contributed by atoms with Crippen LogP contribution in [0, 0.1) is 0 Å². The van der Waals surface area contributed by atoms with E-state index in [1.54, 1.807) is 0 Å². The number of aldehydes is 1. The van der Waals surface area contributed by atoms with Crippen LogP contribution in [0.1, 0.15) is 18.5 Å². The number of para-hydroxylation sites is 1. The molecule has 0 fully saturated rings. The van der Waals surface area contributed by atoms with Gasteiger partial charge >= 0.3 is 0 Å². The van der Waals surface area contributed by atoms with E-state index in [0.29, 0.717) is 13.3 Å². The standard InChI is InChI=1S/C14H22N2O2Si/c1-5-18-11-15-13-9-7-6-8-12(13)14(10-17)16(15)19(2,3)4/h6-10,14H,5,11H2,1-4H3. The second kappa shape index (κ2) is 5.44. The van der Waals surface area contributed by atoms with Gasteiger partial charge in [0, 0.05) is 12.2 Å². The van der Waals surface area contributed by atoms with Crippen LogP contribution in [0.2, 0.25) is 19.6 Å². The van der Waals surface area contributed by atoms with E-state index in [9.17, 15) is 4.79 Å². The lowest BCUT2D eigenvalue weighted by molar-refractivity contribution is -0.111. The van der Waals surface area contributed by atoms with Gasteiger partial charge in [-0.25, -0.2) is 4.67 Å². The zero-order chi connectivity index (χ0) is 14.0. The monoisotopic (exact) mass is 278 g/mol. The van der Waals surface area contributed by atoms with Gasteiger partial charge < -0.3 is 9.53 Å². The van der Waals surface area contributed by atoms with Gasteiger partial charge in [0.05, 0.1) is 5.69 Å². The fraction of sp³-hybridized carbons (Fsp3) is 0.500. The predicted octanol–water partition coefficient (Wildman–Crippen LogP) is 2.79. The van der Waals surface area contributed by atoms with Gasteiger partial charge in [-0.05, 0) is 13.0 Å². The third-order valence-corrected chi connectivity index (χ3v) is 5.19. The molecule has 104 valence electrons. The number of hydrazine groups is 1. The number of benzene rings is 1. The molecule has 0 aromatic heterocycles. The molecule has 19 heavy (non-hydrogen) atoms. The van der Waals surface area contributed by atoms with Crippen molar-refractivity contribution in [3.63, 3.8) is 0 Å². The largest absolute Gasteiger partial charge is 0.360 e. The van der Waals surface area contributed by atoms with Crippen molar-refractivity contribution >= 4 is 20.2 Å². The fourth-order valence-corrected chi connectivity index (χ4v) is 4.51. The maximum Gasteiger partial charge on any atom is 0.145 e. The van der Waals surface area contributed by atoms with Crippen LogP contribution in [0.25, 0.3) is 0 Å². The van der Waals surface area contributed by atoms with Gasteiger partial charge in [0.15, 0.2) is 0 Å². The molecule has 0 saturated heterocycles. The van der Waals surface area contributed by atoms with Gasteiger partial charge in [-0.1, -0.05) is 37.8 Å². The summed E-state index contributed by atoms with van der Waals surface area (Å²) in [6, 6.07) is 7.91. The van der Waals surface area contributed by atoms with E-state index in [0.717, 1.165) is 17.5 Å². The van der Waals surface area contributed by atoms with Gasteiger partial charge in [-0.2, -0.15) is 0 Å². The van der Waals surface area contributed by atoms with E-state index >= 15 is 0 Å². The Balaban J connectivity index is 2.44. The normalized spacial score (nSPS) is 19.6. The summed E-state index contributed by atoms with van der Waals surface area (Å²) < 4.78 is 7.82. The minimum absolute atomic E-state index is 0.177. The first-order valence-corrected chi connectivity index (χ1v) is 10.1. The highest BCUT2D eigenvalue weighted by atomic mass is 28.3. The molecule has 1 aromatic carbocycles. The third kappa shape index (κ3) is 2.59. The Morgan fingerprint density at radius 2 is 2.00 bits per heavy atom. The zero-order valence-corrected chi connectivity index (χ0v) is 13.1. The van der Waals surface area contributed by atoms with E-state index in [1.807, 2.05) is 25.1 Å². The van der Waals surface area contributed by atoms with Crippen molar-refractivity contribution in [2.45, 2.75) is 32.6 Å². The third-order valence-electron chi connectivity index (χ3n) is 3.29. The number of carbonyl (C=O) groups excluding carboxylic acids is 1. The van der Waals surface area contributed by atoms with Gasteiger partial charge in [-0.15, -0.1) is 0 Å². The number of ether oxygens (including phenoxy) is 1. The van der Waals surface area contributed by atoms with Crippen LogP contribution < -0.4 is 5.01 Å². The average molecular weight is 278 g/mol. The number of hydrogen-bond acceptors (Lipinski definition) is 4. The van der Waals surface area contributed by atoms with Crippen LogP contribution in [-0.4, -0.2) is 32.5 Å². The molecule has 0 saturated carbocycles. The molecule has 0 bridgehead atoms. The van der Waals surface area contributed by atoms with E-state index in [-0.39, 0.29) is 6.04 Å². The lowest BCUT2D eigenvalue weighted by Gasteiger charge is -2.40. The van der Waals surface area contributed by atoms with Crippen molar-refractivity contribution in [2.24, 2.45) is 0 Å². The lowest BCUT2D eigenvalue weighted by Crippen LogP contribution is -2.55. The molecule has 0 radical (unpaired) electrons. The molecule has 0 amide bonds. The minimum atomic E-state index is -1.67. The highest BCUT2D eigenvalue weighted by Gasteiger charge is 2.43. The number of anilines is 1. The Bertz CT molecular complexity index is 459. The molecule has 0 N–H and O–H groups in total. The predicted molar refractivity (Wildman–Crippen MR) is 79.4 cm³/mol. The molecule has 1 heterocycles. The average Bonchev–Trinajstić information content (AvgIpc) is 2.70. The van der Waals surface area contributed by atoms with Crippen molar-refractivity contribution in [2.75, 3.05) is 18.3 Å². The second-order valence-electron chi connectivity index (χ2n) is 5.68. The number of carbonyl (C=O) groups is 1. The topological polar surface area (TPSA) is 32.8 Å². The first-order chi connectivity index (χ1) is 9.00. The molecular formula is C14H22N2O2Si. The molecule has 1 unspecified atom stereocenters. The Morgan fingerprint density at radius 3 is 2.58 bits per heavy atom. The summed E-state index contributed by atoms with van der Waals surface area (Å²) in [6.45, 7) is 9.89. The van der Waals surface area contributed by atoms with E-state index in [2.05, 4.69) is 35.4 Å². The summed E-state index contributed by atoms with van der Waals surface area (Å²) in [7, 11) is -1.67. The van der Waals surface area contributed by atoms with Crippen molar-refractivity contribution in [3.05, 3.63) is 29.8 Å². The Morgan fingerprint density at radius 1 is 1.32 bits per heavy atom. The quantitative estimate of drug-likeness (QED) is 0.612. The summed E-state index contributed by atoms with van der Waals surface area (Å²) in [5, 5.41) is 2.13. The molecule has 1 aromatic rings. The highest BCUT2D eigenvalue weighted by Crippen LogP contribution is 2.41. The molecular weight excluding hydrogens is 256 g/mol.